The molecular formula is C24H34O3. The van der Waals surface area contributed by atoms with Crippen molar-refractivity contribution in [2.24, 2.45) is 11.8 Å². The van der Waals surface area contributed by atoms with E-state index in [1.54, 1.807) is 0 Å². The average molecular weight is 371 g/mol. The van der Waals surface area contributed by atoms with Gasteiger partial charge in [-0.2, -0.15) is 0 Å². The minimum Gasteiger partial charge on any atom is -0.392 e. The van der Waals surface area contributed by atoms with Crippen LogP contribution in [-0.2, 0) is 10.3 Å². The molecule has 0 saturated carbocycles. The Morgan fingerprint density at radius 3 is 2.63 bits per heavy atom. The van der Waals surface area contributed by atoms with Gasteiger partial charge in [0.15, 0.2) is 0 Å². The molecule has 5 unspecified atom stereocenters. The summed E-state index contributed by atoms with van der Waals surface area (Å²) in [6.07, 6.45) is 16.4. The van der Waals surface area contributed by atoms with Crippen molar-refractivity contribution < 1.29 is 14.9 Å². The first-order chi connectivity index (χ1) is 13.2. The molecule has 0 radical (unpaired) electrons. The predicted octanol–water partition coefficient (Wildman–Crippen LogP) is 4.74. The fraction of sp³-hybridized carbons (Fsp3) is 0.583. The number of allylic oxidation sites excluding steroid dienone is 1. The van der Waals surface area contributed by atoms with Crippen molar-refractivity contribution in [3.63, 3.8) is 0 Å². The molecule has 2 aliphatic heterocycles. The van der Waals surface area contributed by atoms with Crippen LogP contribution in [0.2, 0.25) is 0 Å². The zero-order valence-electron chi connectivity index (χ0n) is 16.5. The largest absolute Gasteiger partial charge is 0.392 e. The Balaban J connectivity index is 1.63. The van der Waals surface area contributed by atoms with Gasteiger partial charge in [0, 0.05) is 5.92 Å². The molecule has 2 bridgehead atoms. The normalized spacial score (nSPS) is 29.7. The molecule has 2 N–H and O–H groups in total. The van der Waals surface area contributed by atoms with Crippen LogP contribution >= 0.6 is 0 Å². The molecule has 0 aliphatic carbocycles. The second-order valence-corrected chi connectivity index (χ2v) is 7.97. The number of rotatable bonds is 10. The topological polar surface area (TPSA) is 49.7 Å². The molecule has 2 saturated heterocycles. The van der Waals surface area contributed by atoms with E-state index in [1.807, 2.05) is 49.4 Å². The number of aliphatic hydroxyl groups excluding tert-OH is 1. The number of fused-ring (bicyclic) bond motifs is 2. The number of unbranched alkanes of at least 4 members (excludes halogenated alkanes) is 2. The van der Waals surface area contributed by atoms with E-state index < -0.39 is 5.60 Å². The summed E-state index contributed by atoms with van der Waals surface area (Å²) in [6, 6.07) is 9.96. The Morgan fingerprint density at radius 1 is 1.11 bits per heavy atom. The van der Waals surface area contributed by atoms with Crippen molar-refractivity contribution in [3.8, 4) is 0 Å². The molecule has 2 fully saturated rings. The van der Waals surface area contributed by atoms with Gasteiger partial charge in [0.05, 0.1) is 18.8 Å². The number of ether oxygens (including phenoxy) is 1. The highest BCUT2D eigenvalue weighted by molar-refractivity contribution is 5.27. The van der Waals surface area contributed by atoms with E-state index in [0.29, 0.717) is 30.5 Å². The Bertz CT molecular complexity index is 624. The number of hydrogen-bond donors (Lipinski definition) is 2. The van der Waals surface area contributed by atoms with Crippen molar-refractivity contribution in [3.05, 3.63) is 60.2 Å². The SMILES string of the molecule is CCC(O)(/C=C\C1C2CCC(O2)C1CCCC/C=C/CO)c1ccccc1. The van der Waals surface area contributed by atoms with Crippen LogP contribution in [0, 0.1) is 11.8 Å². The second-order valence-electron chi connectivity index (χ2n) is 7.97. The standard InChI is InChI=1S/C24H34O3/c1-2-24(26,19-11-7-6-8-12-19)17-16-21-20(22-14-15-23(21)27-22)13-9-4-3-5-10-18-25/h5-8,10-12,16-17,20-23,25-26H,2-4,9,13-15,18H2,1H3/b10-5+,17-16-. The Hall–Kier alpha value is -1.42. The maximum Gasteiger partial charge on any atom is 0.107 e. The fourth-order valence-corrected chi connectivity index (χ4v) is 4.71. The van der Waals surface area contributed by atoms with Crippen molar-refractivity contribution in [1.82, 2.24) is 0 Å². The Kier molecular flexibility index (Phi) is 7.28. The lowest BCUT2D eigenvalue weighted by atomic mass is 9.75. The summed E-state index contributed by atoms with van der Waals surface area (Å²) in [6.45, 7) is 2.17. The second kappa shape index (κ2) is 9.68. The summed E-state index contributed by atoms with van der Waals surface area (Å²) < 4.78 is 6.22. The van der Waals surface area contributed by atoms with E-state index in [0.717, 1.165) is 24.8 Å². The average Bonchev–Trinajstić information content (AvgIpc) is 3.31. The highest BCUT2D eigenvalue weighted by Crippen LogP contribution is 2.46. The molecule has 0 aromatic heterocycles. The van der Waals surface area contributed by atoms with E-state index in [9.17, 15) is 5.11 Å². The Labute approximate surface area is 163 Å². The third kappa shape index (κ3) is 4.90. The molecule has 3 nitrogen and oxygen atoms in total. The first-order valence-corrected chi connectivity index (χ1v) is 10.6. The summed E-state index contributed by atoms with van der Waals surface area (Å²) in [5.41, 5.74) is 0.0583. The monoisotopic (exact) mass is 370 g/mol. The minimum absolute atomic E-state index is 0.134. The smallest absolute Gasteiger partial charge is 0.107 e. The van der Waals surface area contributed by atoms with Gasteiger partial charge in [-0.05, 0) is 50.0 Å². The van der Waals surface area contributed by atoms with Gasteiger partial charge in [0.2, 0.25) is 0 Å². The van der Waals surface area contributed by atoms with Crippen LogP contribution < -0.4 is 0 Å². The van der Waals surface area contributed by atoms with Gasteiger partial charge in [-0.15, -0.1) is 0 Å². The minimum atomic E-state index is -0.900. The maximum atomic E-state index is 11.1. The zero-order chi connectivity index (χ0) is 19.1. The van der Waals surface area contributed by atoms with Gasteiger partial charge >= 0.3 is 0 Å². The van der Waals surface area contributed by atoms with Crippen LogP contribution in [0.25, 0.3) is 0 Å². The molecule has 0 spiro atoms. The molecular weight excluding hydrogens is 336 g/mol. The van der Waals surface area contributed by atoms with Crippen LogP contribution in [0.5, 0.6) is 0 Å². The Morgan fingerprint density at radius 2 is 1.89 bits per heavy atom. The van der Waals surface area contributed by atoms with Crippen LogP contribution in [-0.4, -0.2) is 29.0 Å². The summed E-state index contributed by atoms with van der Waals surface area (Å²) in [4.78, 5) is 0. The molecule has 1 aromatic rings. The van der Waals surface area contributed by atoms with E-state index in [2.05, 4.69) is 12.2 Å². The van der Waals surface area contributed by atoms with E-state index in [-0.39, 0.29) is 6.61 Å². The lowest BCUT2D eigenvalue weighted by Gasteiger charge is -2.28. The fourth-order valence-electron chi connectivity index (χ4n) is 4.71. The van der Waals surface area contributed by atoms with Crippen LogP contribution in [0.3, 0.4) is 0 Å². The molecule has 3 heteroatoms. The molecule has 2 aliphatic rings. The number of aliphatic hydroxyl groups is 2. The lowest BCUT2D eigenvalue weighted by Crippen LogP contribution is -2.27. The summed E-state index contributed by atoms with van der Waals surface area (Å²) in [7, 11) is 0. The van der Waals surface area contributed by atoms with Gasteiger partial charge in [0.25, 0.3) is 0 Å². The van der Waals surface area contributed by atoms with Gasteiger partial charge < -0.3 is 14.9 Å². The summed E-state index contributed by atoms with van der Waals surface area (Å²) in [5, 5.41) is 19.9. The predicted molar refractivity (Wildman–Crippen MR) is 109 cm³/mol. The van der Waals surface area contributed by atoms with E-state index in [1.165, 1.54) is 19.3 Å². The van der Waals surface area contributed by atoms with Crippen molar-refractivity contribution >= 4 is 0 Å². The van der Waals surface area contributed by atoms with Gasteiger partial charge in [-0.25, -0.2) is 0 Å². The van der Waals surface area contributed by atoms with Crippen molar-refractivity contribution in [2.45, 2.75) is 69.7 Å². The first-order valence-electron chi connectivity index (χ1n) is 10.6. The summed E-state index contributed by atoms with van der Waals surface area (Å²) >= 11 is 0. The van der Waals surface area contributed by atoms with Crippen LogP contribution in [0.4, 0.5) is 0 Å². The van der Waals surface area contributed by atoms with Gasteiger partial charge in [-0.3, -0.25) is 0 Å². The lowest BCUT2D eigenvalue weighted by molar-refractivity contribution is 0.0824. The first kappa shape index (κ1) is 20.3. The van der Waals surface area contributed by atoms with E-state index >= 15 is 0 Å². The highest BCUT2D eigenvalue weighted by Gasteiger charge is 2.47. The van der Waals surface area contributed by atoms with E-state index in [4.69, 9.17) is 9.84 Å². The van der Waals surface area contributed by atoms with Crippen LogP contribution in [0.15, 0.2) is 54.6 Å². The highest BCUT2D eigenvalue weighted by atomic mass is 16.5. The molecule has 3 rings (SSSR count). The quantitative estimate of drug-likeness (QED) is 0.462. The number of hydrogen-bond acceptors (Lipinski definition) is 3. The third-order valence-corrected chi connectivity index (χ3v) is 6.32. The molecule has 2 heterocycles. The van der Waals surface area contributed by atoms with Crippen LogP contribution in [0.1, 0.15) is 57.4 Å². The third-order valence-electron chi connectivity index (χ3n) is 6.32. The van der Waals surface area contributed by atoms with Gasteiger partial charge in [-0.1, -0.05) is 68.0 Å². The molecule has 5 atom stereocenters. The summed E-state index contributed by atoms with van der Waals surface area (Å²) in [5.74, 6) is 0.984. The molecule has 148 valence electrons. The zero-order valence-corrected chi connectivity index (χ0v) is 16.5. The maximum absolute atomic E-state index is 11.1. The molecule has 27 heavy (non-hydrogen) atoms. The number of benzene rings is 1. The molecule has 0 amide bonds. The van der Waals surface area contributed by atoms with Crippen molar-refractivity contribution in [2.75, 3.05) is 6.61 Å². The van der Waals surface area contributed by atoms with Crippen molar-refractivity contribution in [1.29, 1.82) is 0 Å². The van der Waals surface area contributed by atoms with Gasteiger partial charge in [0.1, 0.15) is 5.60 Å². The molecule has 1 aromatic carbocycles.